The summed E-state index contributed by atoms with van der Waals surface area (Å²) in [5.41, 5.74) is -0.665. The van der Waals surface area contributed by atoms with E-state index in [1.165, 1.54) is 12.1 Å². The maximum absolute atomic E-state index is 12.6. The molecule has 1 aromatic carbocycles. The number of hydrogen-bond donors (Lipinski definition) is 0. The Balaban J connectivity index is 2.16. The van der Waals surface area contributed by atoms with Crippen LogP contribution in [0.3, 0.4) is 0 Å². The molecule has 89 valence electrons. The first kappa shape index (κ1) is 11.7. The number of ketones is 1. The van der Waals surface area contributed by atoms with Crippen molar-refractivity contribution in [3.8, 4) is 0 Å². The van der Waals surface area contributed by atoms with Crippen LogP contribution in [0.1, 0.15) is 16.8 Å². The van der Waals surface area contributed by atoms with Gasteiger partial charge in [0.15, 0.2) is 18.1 Å². The van der Waals surface area contributed by atoms with E-state index in [2.05, 4.69) is 4.74 Å². The molecule has 1 aliphatic heterocycles. The van der Waals surface area contributed by atoms with Crippen LogP contribution in [0.4, 0.5) is 13.2 Å². The summed E-state index contributed by atoms with van der Waals surface area (Å²) in [5, 5.41) is 0. The second kappa shape index (κ2) is 4.24. The molecule has 1 aromatic rings. The van der Waals surface area contributed by atoms with Gasteiger partial charge in [-0.25, -0.2) is 0 Å². The number of hydrogen-bond acceptors (Lipinski definition) is 2. The molecule has 0 amide bonds. The first-order valence-corrected chi connectivity index (χ1v) is 4.87. The zero-order valence-electron chi connectivity index (χ0n) is 8.62. The predicted molar refractivity (Wildman–Crippen MR) is 53.9 cm³/mol. The first-order chi connectivity index (χ1) is 7.98. The van der Waals surface area contributed by atoms with Crippen molar-refractivity contribution in [3.05, 3.63) is 53.8 Å². The molecule has 2 rings (SSSR count). The Bertz CT molecular complexity index is 454. The highest BCUT2D eigenvalue weighted by Crippen LogP contribution is 2.38. The molecule has 0 saturated carbocycles. The molecule has 5 heteroatoms. The summed E-state index contributed by atoms with van der Waals surface area (Å²) in [4.78, 5) is 11.6. The molecule has 0 spiro atoms. The molecule has 0 aromatic heterocycles. The van der Waals surface area contributed by atoms with Crippen LogP contribution in [0, 0.1) is 6.61 Å². The van der Waals surface area contributed by atoms with Crippen LogP contribution < -0.4 is 0 Å². The quantitative estimate of drug-likeness (QED) is 0.600. The van der Waals surface area contributed by atoms with Gasteiger partial charge in [0.25, 0.3) is 0 Å². The average Bonchev–Trinajstić information content (AvgIpc) is 3.09. The summed E-state index contributed by atoms with van der Waals surface area (Å²) >= 11 is 0. The van der Waals surface area contributed by atoms with E-state index in [1.54, 1.807) is 18.2 Å². The summed E-state index contributed by atoms with van der Waals surface area (Å²) in [6.07, 6.45) is -5.23. The third-order valence-corrected chi connectivity index (χ3v) is 2.31. The largest absolute Gasteiger partial charge is 0.478 e. The Kier molecular flexibility index (Phi) is 2.92. The van der Waals surface area contributed by atoms with E-state index < -0.39 is 24.0 Å². The van der Waals surface area contributed by atoms with Crippen molar-refractivity contribution < 1.29 is 22.7 Å². The number of carbonyl (C=O) groups is 1. The number of allylic oxidation sites excluding steroid dienone is 1. The van der Waals surface area contributed by atoms with E-state index >= 15 is 0 Å². The van der Waals surface area contributed by atoms with Gasteiger partial charge in [0.1, 0.15) is 0 Å². The Labute approximate surface area is 95.7 Å². The van der Waals surface area contributed by atoms with Crippen LogP contribution in [-0.2, 0) is 4.74 Å². The molecule has 1 saturated heterocycles. The minimum absolute atomic E-state index is 0.248. The van der Waals surface area contributed by atoms with E-state index in [0.717, 1.165) is 6.61 Å². The fourth-order valence-electron chi connectivity index (χ4n) is 1.39. The summed E-state index contributed by atoms with van der Waals surface area (Å²) < 4.78 is 42.1. The second-order valence-electron chi connectivity index (χ2n) is 3.54. The SMILES string of the molecule is O=C(CC(=C1[CH]O1)C(F)(F)F)c1ccccc1. The van der Waals surface area contributed by atoms with Gasteiger partial charge in [-0.15, -0.1) is 0 Å². The highest BCUT2D eigenvalue weighted by molar-refractivity contribution is 5.97. The molecule has 0 N–H and O–H groups in total. The Morgan fingerprint density at radius 2 is 1.76 bits per heavy atom. The average molecular weight is 241 g/mol. The molecule has 1 heterocycles. The topological polar surface area (TPSA) is 29.6 Å². The molecule has 1 radical (unpaired) electrons. The summed E-state index contributed by atoms with van der Waals surface area (Å²) in [5.74, 6) is -0.823. The van der Waals surface area contributed by atoms with Crippen molar-refractivity contribution in [2.45, 2.75) is 12.6 Å². The second-order valence-corrected chi connectivity index (χ2v) is 3.54. The van der Waals surface area contributed by atoms with E-state index in [9.17, 15) is 18.0 Å². The van der Waals surface area contributed by atoms with Crippen molar-refractivity contribution >= 4 is 5.78 Å². The Morgan fingerprint density at radius 1 is 1.18 bits per heavy atom. The van der Waals surface area contributed by atoms with Gasteiger partial charge in [0.05, 0.1) is 5.57 Å². The van der Waals surface area contributed by atoms with Gasteiger partial charge < -0.3 is 4.74 Å². The number of carbonyl (C=O) groups excluding carboxylic acids is 1. The van der Waals surface area contributed by atoms with Crippen LogP contribution in [0.5, 0.6) is 0 Å². The molecule has 17 heavy (non-hydrogen) atoms. The van der Waals surface area contributed by atoms with Crippen LogP contribution in [0.25, 0.3) is 0 Å². The van der Waals surface area contributed by atoms with Crippen LogP contribution in [0.2, 0.25) is 0 Å². The van der Waals surface area contributed by atoms with Crippen LogP contribution in [0.15, 0.2) is 41.7 Å². The van der Waals surface area contributed by atoms with E-state index in [1.807, 2.05) is 0 Å². The number of epoxide rings is 1. The van der Waals surface area contributed by atoms with Gasteiger partial charge >= 0.3 is 6.18 Å². The third-order valence-electron chi connectivity index (χ3n) is 2.31. The smallest absolute Gasteiger partial charge is 0.416 e. The number of Topliss-reactive ketones (excluding diaryl/α,β-unsaturated/α-hetero) is 1. The molecule has 0 atom stereocenters. The standard InChI is InChI=1S/C12H8F3O2/c13-12(14,15)9(11-7-17-11)6-10(16)8-4-2-1-3-5-8/h1-5,7H,6H2. The van der Waals surface area contributed by atoms with E-state index in [4.69, 9.17) is 0 Å². The molecular formula is C12H8F3O2. The fraction of sp³-hybridized carbons (Fsp3) is 0.167. The summed E-state index contributed by atoms with van der Waals surface area (Å²) in [6.45, 7) is 0.987. The molecule has 0 aliphatic carbocycles. The van der Waals surface area contributed by atoms with Gasteiger partial charge in [-0.1, -0.05) is 30.3 Å². The predicted octanol–water partition coefficient (Wildman–Crippen LogP) is 3.27. The lowest BCUT2D eigenvalue weighted by molar-refractivity contribution is -0.0941. The van der Waals surface area contributed by atoms with Crippen molar-refractivity contribution in [2.24, 2.45) is 0 Å². The third kappa shape index (κ3) is 2.87. The summed E-state index contributed by atoms with van der Waals surface area (Å²) in [7, 11) is 0. The van der Waals surface area contributed by atoms with Crippen LogP contribution in [-0.4, -0.2) is 12.0 Å². The van der Waals surface area contributed by atoms with Gasteiger partial charge in [-0.2, -0.15) is 13.2 Å². The number of alkyl halides is 3. The van der Waals surface area contributed by atoms with Crippen molar-refractivity contribution in [1.82, 2.24) is 0 Å². The summed E-state index contributed by atoms with van der Waals surface area (Å²) in [6, 6.07) is 7.87. The van der Waals surface area contributed by atoms with E-state index in [-0.39, 0.29) is 11.3 Å². The molecule has 0 unspecified atom stereocenters. The van der Waals surface area contributed by atoms with E-state index in [0.29, 0.717) is 0 Å². The molecule has 0 bridgehead atoms. The zero-order chi connectivity index (χ0) is 12.5. The van der Waals surface area contributed by atoms with Gasteiger partial charge in [-0.05, 0) is 0 Å². The lowest BCUT2D eigenvalue weighted by Crippen LogP contribution is -2.16. The number of halogens is 3. The van der Waals surface area contributed by atoms with Crippen molar-refractivity contribution in [2.75, 3.05) is 0 Å². The van der Waals surface area contributed by atoms with Gasteiger partial charge in [0.2, 0.25) is 0 Å². The van der Waals surface area contributed by atoms with Crippen molar-refractivity contribution in [3.63, 3.8) is 0 Å². The number of ether oxygens (including phenoxy) is 1. The lowest BCUT2D eigenvalue weighted by atomic mass is 10.0. The first-order valence-electron chi connectivity index (χ1n) is 4.87. The normalized spacial score (nSPS) is 17.4. The van der Waals surface area contributed by atoms with Crippen molar-refractivity contribution in [1.29, 1.82) is 0 Å². The Morgan fingerprint density at radius 3 is 2.24 bits per heavy atom. The van der Waals surface area contributed by atoms with Gasteiger partial charge in [0, 0.05) is 12.0 Å². The van der Waals surface area contributed by atoms with Gasteiger partial charge in [-0.3, -0.25) is 4.79 Å². The highest BCUT2D eigenvalue weighted by atomic mass is 19.4. The zero-order valence-corrected chi connectivity index (χ0v) is 8.62. The minimum atomic E-state index is -4.53. The molecular weight excluding hydrogens is 233 g/mol. The highest BCUT2D eigenvalue weighted by Gasteiger charge is 2.42. The fourth-order valence-corrected chi connectivity index (χ4v) is 1.39. The number of rotatable bonds is 3. The maximum atomic E-state index is 12.6. The number of benzene rings is 1. The molecule has 1 fully saturated rings. The van der Waals surface area contributed by atoms with Crippen LogP contribution >= 0.6 is 0 Å². The lowest BCUT2D eigenvalue weighted by Gasteiger charge is -2.09. The minimum Gasteiger partial charge on any atom is -0.478 e. The molecule has 1 aliphatic rings. The molecule has 2 nitrogen and oxygen atoms in total. The maximum Gasteiger partial charge on any atom is 0.416 e. The monoisotopic (exact) mass is 241 g/mol. The Hall–Kier alpha value is -1.78.